The molecule has 1 aromatic heterocycles. The molecule has 0 spiro atoms. The highest BCUT2D eigenvalue weighted by Gasteiger charge is 2.09. The van der Waals surface area contributed by atoms with E-state index in [0.29, 0.717) is 23.9 Å². The van der Waals surface area contributed by atoms with E-state index < -0.39 is 0 Å². The number of amides is 1. The number of nitrogens with one attached hydrogen (secondary N) is 1. The molecule has 1 heterocycles. The van der Waals surface area contributed by atoms with Gasteiger partial charge in [-0.15, -0.1) is 5.10 Å². The first-order chi connectivity index (χ1) is 11.6. The van der Waals surface area contributed by atoms with Gasteiger partial charge in [-0.25, -0.2) is 9.07 Å². The summed E-state index contributed by atoms with van der Waals surface area (Å²) in [7, 11) is 0. The van der Waals surface area contributed by atoms with Gasteiger partial charge in [0.25, 0.3) is 5.56 Å². The number of halogens is 1. The van der Waals surface area contributed by atoms with E-state index in [-0.39, 0.29) is 23.8 Å². The van der Waals surface area contributed by atoms with E-state index in [1.165, 1.54) is 12.1 Å². The summed E-state index contributed by atoms with van der Waals surface area (Å²) in [6, 6.07) is 13.0. The van der Waals surface area contributed by atoms with Crippen molar-refractivity contribution in [1.82, 2.24) is 20.3 Å². The number of fused-ring (bicyclic) bond motifs is 1. The largest absolute Gasteiger partial charge is 0.354 e. The van der Waals surface area contributed by atoms with E-state index in [9.17, 15) is 14.0 Å². The maximum absolute atomic E-state index is 13.1. The fourth-order valence-corrected chi connectivity index (χ4v) is 2.36. The molecule has 0 unspecified atom stereocenters. The van der Waals surface area contributed by atoms with Gasteiger partial charge in [-0.1, -0.05) is 29.5 Å². The molecule has 0 saturated heterocycles. The van der Waals surface area contributed by atoms with Crippen LogP contribution in [0.4, 0.5) is 4.39 Å². The van der Waals surface area contributed by atoms with Gasteiger partial charge < -0.3 is 5.32 Å². The molecule has 0 radical (unpaired) electrons. The smallest absolute Gasteiger partial charge is 0.278 e. The van der Waals surface area contributed by atoms with E-state index >= 15 is 0 Å². The number of hydrogen-bond donors (Lipinski definition) is 1. The molecule has 122 valence electrons. The van der Waals surface area contributed by atoms with Gasteiger partial charge in [0.2, 0.25) is 5.91 Å². The molecule has 0 aliphatic heterocycles. The molecule has 0 saturated carbocycles. The van der Waals surface area contributed by atoms with Crippen LogP contribution in [0.2, 0.25) is 0 Å². The van der Waals surface area contributed by atoms with Gasteiger partial charge in [0.05, 0.1) is 5.39 Å². The fourth-order valence-electron chi connectivity index (χ4n) is 2.36. The van der Waals surface area contributed by atoms with Crippen molar-refractivity contribution in [3.8, 4) is 0 Å². The Bertz CT molecular complexity index is 939. The van der Waals surface area contributed by atoms with Gasteiger partial charge in [-0.05, 0) is 36.2 Å². The zero-order valence-corrected chi connectivity index (χ0v) is 12.8. The van der Waals surface area contributed by atoms with Gasteiger partial charge in [0.15, 0.2) is 0 Å². The second-order valence-corrected chi connectivity index (χ2v) is 5.30. The highest BCUT2D eigenvalue weighted by atomic mass is 19.1. The van der Waals surface area contributed by atoms with Crippen LogP contribution < -0.4 is 10.9 Å². The summed E-state index contributed by atoms with van der Waals surface area (Å²) in [6.45, 7) is 0.137. The molecule has 1 amide bonds. The normalized spacial score (nSPS) is 10.7. The number of nitrogens with zero attached hydrogens (tertiary/aromatic N) is 3. The molecular weight excluding hydrogens is 311 g/mol. The van der Waals surface area contributed by atoms with Crippen LogP contribution in [0.5, 0.6) is 0 Å². The predicted octanol–water partition coefficient (Wildman–Crippen LogP) is 1.29. The first-order valence-electron chi connectivity index (χ1n) is 7.47. The summed E-state index contributed by atoms with van der Waals surface area (Å²) in [4.78, 5) is 24.2. The topological polar surface area (TPSA) is 76.9 Å². The highest BCUT2D eigenvalue weighted by Crippen LogP contribution is 2.04. The number of carbonyl (C=O) groups excluding carboxylic acids is 1. The Morgan fingerprint density at radius 2 is 2.00 bits per heavy atom. The van der Waals surface area contributed by atoms with Crippen molar-refractivity contribution in [2.45, 2.75) is 13.0 Å². The quantitative estimate of drug-likeness (QED) is 0.766. The molecule has 3 rings (SSSR count). The molecule has 0 aliphatic carbocycles. The predicted molar refractivity (Wildman–Crippen MR) is 86.9 cm³/mol. The maximum Gasteiger partial charge on any atom is 0.278 e. The van der Waals surface area contributed by atoms with Crippen LogP contribution in [0.1, 0.15) is 5.56 Å². The van der Waals surface area contributed by atoms with E-state index in [0.717, 1.165) is 10.2 Å². The summed E-state index contributed by atoms with van der Waals surface area (Å²) in [5, 5.41) is 10.8. The van der Waals surface area contributed by atoms with E-state index in [1.54, 1.807) is 36.4 Å². The Balaban J connectivity index is 1.61. The standard InChI is InChI=1S/C17H15FN4O2/c18-13-5-3-4-12(10-13)8-9-19-16(23)11-22-17(24)14-6-1-2-7-15(14)20-21-22/h1-7,10H,8-9,11H2,(H,19,23). The van der Waals surface area contributed by atoms with Gasteiger partial charge >= 0.3 is 0 Å². The third kappa shape index (κ3) is 3.62. The van der Waals surface area contributed by atoms with Gasteiger partial charge in [0.1, 0.15) is 17.9 Å². The van der Waals surface area contributed by atoms with Crippen molar-refractivity contribution in [2.75, 3.05) is 6.54 Å². The zero-order chi connectivity index (χ0) is 16.9. The lowest BCUT2D eigenvalue weighted by Gasteiger charge is -2.07. The Morgan fingerprint density at radius 3 is 2.83 bits per heavy atom. The minimum Gasteiger partial charge on any atom is -0.354 e. The Hall–Kier alpha value is -3.09. The number of hydrogen-bond acceptors (Lipinski definition) is 4. The second kappa shape index (κ2) is 6.99. The summed E-state index contributed by atoms with van der Waals surface area (Å²) in [5.74, 6) is -0.657. The molecule has 3 aromatic rings. The molecule has 24 heavy (non-hydrogen) atoms. The van der Waals surface area contributed by atoms with Gasteiger partial charge in [0, 0.05) is 6.54 Å². The summed E-state index contributed by atoms with van der Waals surface area (Å²) >= 11 is 0. The van der Waals surface area contributed by atoms with Crippen LogP contribution in [0.15, 0.2) is 53.3 Å². The van der Waals surface area contributed by atoms with E-state index in [1.807, 2.05) is 0 Å². The van der Waals surface area contributed by atoms with Crippen LogP contribution in [0.25, 0.3) is 10.9 Å². The lowest BCUT2D eigenvalue weighted by Crippen LogP contribution is -2.35. The molecule has 0 bridgehead atoms. The minimum absolute atomic E-state index is 0.209. The van der Waals surface area contributed by atoms with Gasteiger partial charge in [-0.2, -0.15) is 0 Å². The zero-order valence-electron chi connectivity index (χ0n) is 12.8. The summed E-state index contributed by atoms with van der Waals surface area (Å²) in [6.07, 6.45) is 0.502. The third-order valence-electron chi connectivity index (χ3n) is 3.55. The molecule has 0 atom stereocenters. The van der Waals surface area contributed by atoms with Crippen molar-refractivity contribution in [3.63, 3.8) is 0 Å². The molecule has 1 N–H and O–H groups in total. The Kier molecular flexibility index (Phi) is 4.60. The lowest BCUT2D eigenvalue weighted by atomic mass is 10.1. The van der Waals surface area contributed by atoms with Crippen molar-refractivity contribution >= 4 is 16.8 Å². The molecule has 2 aromatic carbocycles. The van der Waals surface area contributed by atoms with Crippen LogP contribution in [0, 0.1) is 5.82 Å². The van der Waals surface area contributed by atoms with Crippen molar-refractivity contribution < 1.29 is 9.18 Å². The SMILES string of the molecule is O=C(Cn1nnc2ccccc2c1=O)NCCc1cccc(F)c1. The Labute approximate surface area is 136 Å². The molecular formula is C17H15FN4O2. The number of aromatic nitrogens is 3. The van der Waals surface area contributed by atoms with Crippen molar-refractivity contribution in [1.29, 1.82) is 0 Å². The number of benzene rings is 2. The maximum atomic E-state index is 13.1. The van der Waals surface area contributed by atoms with E-state index in [4.69, 9.17) is 0 Å². The minimum atomic E-state index is -0.360. The van der Waals surface area contributed by atoms with Crippen LogP contribution in [-0.2, 0) is 17.8 Å². The van der Waals surface area contributed by atoms with Crippen LogP contribution >= 0.6 is 0 Å². The third-order valence-corrected chi connectivity index (χ3v) is 3.55. The number of carbonyl (C=O) groups is 1. The summed E-state index contributed by atoms with van der Waals surface area (Å²) < 4.78 is 14.1. The highest BCUT2D eigenvalue weighted by molar-refractivity contribution is 5.78. The fraction of sp³-hybridized carbons (Fsp3) is 0.176. The summed E-state index contributed by atoms with van der Waals surface area (Å²) in [5.41, 5.74) is 0.920. The van der Waals surface area contributed by atoms with Crippen molar-refractivity contribution in [3.05, 3.63) is 70.3 Å². The lowest BCUT2D eigenvalue weighted by molar-refractivity contribution is -0.121. The average Bonchev–Trinajstić information content (AvgIpc) is 2.58. The molecule has 6 nitrogen and oxygen atoms in total. The van der Waals surface area contributed by atoms with Crippen molar-refractivity contribution in [2.24, 2.45) is 0 Å². The number of rotatable bonds is 5. The van der Waals surface area contributed by atoms with E-state index in [2.05, 4.69) is 15.6 Å². The first kappa shape index (κ1) is 15.8. The monoisotopic (exact) mass is 326 g/mol. The molecule has 7 heteroatoms. The van der Waals surface area contributed by atoms with Gasteiger partial charge in [-0.3, -0.25) is 9.59 Å². The van der Waals surface area contributed by atoms with Crippen LogP contribution in [-0.4, -0.2) is 27.4 Å². The van der Waals surface area contributed by atoms with Crippen LogP contribution in [0.3, 0.4) is 0 Å². The molecule has 0 aliphatic rings. The second-order valence-electron chi connectivity index (χ2n) is 5.30. The first-order valence-corrected chi connectivity index (χ1v) is 7.47. The average molecular weight is 326 g/mol. The Morgan fingerprint density at radius 1 is 1.17 bits per heavy atom. The molecule has 0 fully saturated rings.